The Bertz CT molecular complexity index is 347. The van der Waals surface area contributed by atoms with Gasteiger partial charge in [-0.3, -0.25) is 0 Å². The number of hydrogen-bond donors (Lipinski definition) is 1. The molecule has 0 aliphatic heterocycles. The number of nitrogens with zero attached hydrogens (tertiary/aromatic N) is 1. The van der Waals surface area contributed by atoms with Crippen LogP contribution < -0.4 is 5.32 Å². The van der Waals surface area contributed by atoms with Gasteiger partial charge in [-0.15, -0.1) is 11.3 Å². The van der Waals surface area contributed by atoms with Gasteiger partial charge < -0.3 is 5.32 Å². The van der Waals surface area contributed by atoms with Crippen molar-refractivity contribution in [3.8, 4) is 0 Å². The molecule has 0 radical (unpaired) electrons. The Morgan fingerprint density at radius 1 is 1.50 bits per heavy atom. The summed E-state index contributed by atoms with van der Waals surface area (Å²) in [7, 11) is 2.07. The quantitative estimate of drug-likeness (QED) is 0.872. The predicted molar refractivity (Wildman–Crippen MR) is 70.1 cm³/mol. The van der Waals surface area contributed by atoms with Crippen molar-refractivity contribution in [2.24, 2.45) is 5.92 Å². The third-order valence-electron chi connectivity index (χ3n) is 3.28. The fourth-order valence-corrected chi connectivity index (χ4v) is 3.02. The maximum absolute atomic E-state index is 4.76. The summed E-state index contributed by atoms with van der Waals surface area (Å²) in [6.07, 6.45) is 3.88. The van der Waals surface area contributed by atoms with Gasteiger partial charge in [0.25, 0.3) is 0 Å². The van der Waals surface area contributed by atoms with Gasteiger partial charge in [0, 0.05) is 23.3 Å². The average Bonchev–Trinajstić information content (AvgIpc) is 2.92. The molecular weight excluding hydrogens is 216 g/mol. The van der Waals surface area contributed by atoms with Crippen LogP contribution in [0.3, 0.4) is 0 Å². The summed E-state index contributed by atoms with van der Waals surface area (Å²) in [5.41, 5.74) is 1.42. The summed E-state index contributed by atoms with van der Waals surface area (Å²) in [4.78, 5) is 4.76. The van der Waals surface area contributed by atoms with Gasteiger partial charge in [0.15, 0.2) is 0 Å². The number of rotatable bonds is 4. The molecule has 90 valence electrons. The van der Waals surface area contributed by atoms with Gasteiger partial charge in [-0.1, -0.05) is 20.8 Å². The Morgan fingerprint density at radius 2 is 2.19 bits per heavy atom. The zero-order valence-electron chi connectivity index (χ0n) is 10.7. The monoisotopic (exact) mass is 238 g/mol. The molecule has 0 spiro atoms. The van der Waals surface area contributed by atoms with Crippen LogP contribution in [0.15, 0.2) is 5.38 Å². The van der Waals surface area contributed by atoms with Crippen LogP contribution >= 0.6 is 11.3 Å². The summed E-state index contributed by atoms with van der Waals surface area (Å²) in [5.74, 6) is 0.895. The van der Waals surface area contributed by atoms with E-state index in [0.717, 1.165) is 12.3 Å². The standard InChI is InChI=1S/C13H22N2S/c1-13(2,3)11-8-16-12(15-11)7-10(14-4)9-5-6-9/h8-10,14H,5-7H2,1-4H3. The first-order valence-electron chi connectivity index (χ1n) is 6.13. The van der Waals surface area contributed by atoms with Crippen LogP contribution in [0.2, 0.25) is 0 Å². The van der Waals surface area contributed by atoms with Crippen molar-refractivity contribution in [2.45, 2.75) is 51.5 Å². The lowest BCUT2D eigenvalue weighted by atomic mass is 9.93. The van der Waals surface area contributed by atoms with E-state index in [0.29, 0.717) is 6.04 Å². The first-order valence-corrected chi connectivity index (χ1v) is 7.01. The lowest BCUT2D eigenvalue weighted by molar-refractivity contribution is 0.496. The van der Waals surface area contributed by atoms with E-state index in [-0.39, 0.29) is 5.41 Å². The average molecular weight is 238 g/mol. The lowest BCUT2D eigenvalue weighted by Crippen LogP contribution is -2.29. The van der Waals surface area contributed by atoms with Gasteiger partial charge in [0.05, 0.1) is 10.7 Å². The molecule has 1 fully saturated rings. The third-order valence-corrected chi connectivity index (χ3v) is 4.15. The summed E-state index contributed by atoms with van der Waals surface area (Å²) in [6, 6.07) is 0.638. The minimum absolute atomic E-state index is 0.184. The van der Waals surface area contributed by atoms with E-state index >= 15 is 0 Å². The van der Waals surface area contributed by atoms with Gasteiger partial charge in [0.1, 0.15) is 0 Å². The lowest BCUT2D eigenvalue weighted by Gasteiger charge is -2.15. The second kappa shape index (κ2) is 4.46. The largest absolute Gasteiger partial charge is 0.316 e. The van der Waals surface area contributed by atoms with Crippen molar-refractivity contribution in [1.82, 2.24) is 10.3 Å². The van der Waals surface area contributed by atoms with E-state index in [1.165, 1.54) is 23.5 Å². The van der Waals surface area contributed by atoms with Crippen molar-refractivity contribution in [3.63, 3.8) is 0 Å². The van der Waals surface area contributed by atoms with Crippen LogP contribution in [0.25, 0.3) is 0 Å². The van der Waals surface area contributed by atoms with Crippen LogP contribution in [-0.4, -0.2) is 18.1 Å². The highest BCUT2D eigenvalue weighted by Crippen LogP contribution is 2.34. The number of likely N-dealkylation sites (N-methyl/N-ethyl adjacent to an activating group) is 1. The smallest absolute Gasteiger partial charge is 0.0944 e. The van der Waals surface area contributed by atoms with Crippen LogP contribution in [0.1, 0.15) is 44.3 Å². The highest BCUT2D eigenvalue weighted by atomic mass is 32.1. The normalized spacial score (nSPS) is 18.8. The number of hydrogen-bond acceptors (Lipinski definition) is 3. The molecule has 2 rings (SSSR count). The Hall–Kier alpha value is -0.410. The van der Waals surface area contributed by atoms with E-state index < -0.39 is 0 Å². The molecule has 16 heavy (non-hydrogen) atoms. The first-order chi connectivity index (χ1) is 7.50. The van der Waals surface area contributed by atoms with E-state index in [1.54, 1.807) is 0 Å². The molecular formula is C13H22N2S. The molecule has 1 atom stereocenters. The molecule has 1 saturated carbocycles. The van der Waals surface area contributed by atoms with Gasteiger partial charge in [-0.05, 0) is 25.8 Å². The van der Waals surface area contributed by atoms with Crippen molar-refractivity contribution >= 4 is 11.3 Å². The SMILES string of the molecule is CNC(Cc1nc(C(C)(C)C)cs1)C1CC1. The van der Waals surface area contributed by atoms with Crippen LogP contribution in [0, 0.1) is 5.92 Å². The van der Waals surface area contributed by atoms with Crippen molar-refractivity contribution in [1.29, 1.82) is 0 Å². The Kier molecular flexibility index (Phi) is 3.36. The maximum Gasteiger partial charge on any atom is 0.0944 e. The van der Waals surface area contributed by atoms with E-state index in [1.807, 2.05) is 11.3 Å². The second-order valence-electron chi connectivity index (χ2n) is 5.81. The molecule has 0 saturated heterocycles. The summed E-state index contributed by atoms with van der Waals surface area (Å²) in [5, 5.41) is 6.93. The molecule has 1 aliphatic rings. The fourth-order valence-electron chi connectivity index (χ4n) is 1.94. The zero-order valence-corrected chi connectivity index (χ0v) is 11.5. The first kappa shape index (κ1) is 12.1. The molecule has 0 bridgehead atoms. The molecule has 0 aromatic carbocycles. The topological polar surface area (TPSA) is 24.9 Å². The molecule has 1 aromatic heterocycles. The predicted octanol–water partition coefficient (Wildman–Crippen LogP) is 2.98. The molecule has 1 N–H and O–H groups in total. The van der Waals surface area contributed by atoms with Gasteiger partial charge >= 0.3 is 0 Å². The minimum atomic E-state index is 0.184. The van der Waals surface area contributed by atoms with Crippen LogP contribution in [0.5, 0.6) is 0 Å². The number of nitrogens with one attached hydrogen (secondary N) is 1. The molecule has 1 aromatic rings. The van der Waals surface area contributed by atoms with E-state index in [9.17, 15) is 0 Å². The fraction of sp³-hybridized carbons (Fsp3) is 0.769. The second-order valence-corrected chi connectivity index (χ2v) is 6.76. The van der Waals surface area contributed by atoms with E-state index in [2.05, 4.69) is 38.5 Å². The molecule has 1 heterocycles. The van der Waals surface area contributed by atoms with Crippen molar-refractivity contribution in [2.75, 3.05) is 7.05 Å². The third kappa shape index (κ3) is 2.83. The number of thiazole rings is 1. The molecule has 0 amide bonds. The molecule has 2 nitrogen and oxygen atoms in total. The van der Waals surface area contributed by atoms with Gasteiger partial charge in [-0.25, -0.2) is 4.98 Å². The van der Waals surface area contributed by atoms with Crippen molar-refractivity contribution < 1.29 is 0 Å². The highest BCUT2D eigenvalue weighted by Gasteiger charge is 2.31. The summed E-state index contributed by atoms with van der Waals surface area (Å²) < 4.78 is 0. The molecule has 3 heteroatoms. The van der Waals surface area contributed by atoms with E-state index in [4.69, 9.17) is 4.98 Å². The Labute approximate surface area is 102 Å². The minimum Gasteiger partial charge on any atom is -0.316 e. The van der Waals surface area contributed by atoms with Crippen LogP contribution in [0.4, 0.5) is 0 Å². The van der Waals surface area contributed by atoms with Gasteiger partial charge in [0.2, 0.25) is 0 Å². The van der Waals surface area contributed by atoms with Gasteiger partial charge in [-0.2, -0.15) is 0 Å². The maximum atomic E-state index is 4.76. The number of aromatic nitrogens is 1. The molecule has 1 unspecified atom stereocenters. The van der Waals surface area contributed by atoms with Crippen LogP contribution in [-0.2, 0) is 11.8 Å². The highest BCUT2D eigenvalue weighted by molar-refractivity contribution is 7.09. The zero-order chi connectivity index (χ0) is 11.8. The molecule has 1 aliphatic carbocycles. The summed E-state index contributed by atoms with van der Waals surface area (Å²) >= 11 is 1.81. The Balaban J connectivity index is 2.01. The summed E-state index contributed by atoms with van der Waals surface area (Å²) in [6.45, 7) is 6.67. The van der Waals surface area contributed by atoms with Crippen molar-refractivity contribution in [3.05, 3.63) is 16.1 Å². The Morgan fingerprint density at radius 3 is 2.62 bits per heavy atom.